The Balaban J connectivity index is 1.40. The van der Waals surface area contributed by atoms with Gasteiger partial charge in [-0.1, -0.05) is 84.1 Å². The molecule has 4 aromatic carbocycles. The van der Waals surface area contributed by atoms with Crippen molar-refractivity contribution in [3.8, 4) is 21.5 Å². The van der Waals surface area contributed by atoms with Crippen LogP contribution in [-0.2, 0) is 0 Å². The quantitative estimate of drug-likeness (QED) is 0.167. The molecule has 0 aliphatic heterocycles. The molecule has 0 radical (unpaired) electrons. The second-order valence-electron chi connectivity index (χ2n) is 8.49. The zero-order valence-corrected chi connectivity index (χ0v) is 21.4. The summed E-state index contributed by atoms with van der Waals surface area (Å²) in [6, 6.07) is 27.3. The number of azo groups is 1. The van der Waals surface area contributed by atoms with E-state index in [-0.39, 0.29) is 28.5 Å². The number of nitrogens with one attached hydrogen (secondary N) is 1. The highest BCUT2D eigenvalue weighted by Crippen LogP contribution is 2.40. The number of nitrogens with zero attached hydrogens (tertiary/aromatic N) is 7. The van der Waals surface area contributed by atoms with Gasteiger partial charge in [-0.25, -0.2) is 4.85 Å². The number of benzene rings is 4. The molecule has 0 saturated carbocycles. The van der Waals surface area contributed by atoms with Crippen LogP contribution >= 0.6 is 11.3 Å². The number of anilines is 1. The molecule has 10 nitrogen and oxygen atoms in total. The predicted molar refractivity (Wildman–Crippen MR) is 153 cm³/mol. The van der Waals surface area contributed by atoms with Crippen LogP contribution in [0.2, 0.25) is 0 Å². The molecule has 2 aromatic heterocycles. The Kier molecular flexibility index (Phi) is 6.50. The van der Waals surface area contributed by atoms with Crippen LogP contribution in [0.1, 0.15) is 10.4 Å². The van der Waals surface area contributed by atoms with Crippen LogP contribution in [0.15, 0.2) is 107 Å². The van der Waals surface area contributed by atoms with Gasteiger partial charge in [0.05, 0.1) is 18.3 Å². The fraction of sp³-hybridized carbons (Fsp3) is 0. The van der Waals surface area contributed by atoms with E-state index >= 15 is 0 Å². The van der Waals surface area contributed by atoms with Crippen molar-refractivity contribution >= 4 is 50.9 Å². The van der Waals surface area contributed by atoms with E-state index in [2.05, 4.69) is 35.7 Å². The normalized spacial score (nSPS) is 11.1. The average molecular weight is 543 g/mol. The Labute approximate surface area is 231 Å². The Morgan fingerprint density at radius 1 is 0.950 bits per heavy atom. The maximum absolute atomic E-state index is 13.3. The monoisotopic (exact) mass is 542 g/mol. The number of hydrogen-bond donors (Lipinski definition) is 2. The Morgan fingerprint density at radius 3 is 2.45 bits per heavy atom. The Morgan fingerprint density at radius 2 is 1.68 bits per heavy atom. The summed E-state index contributed by atoms with van der Waals surface area (Å²) >= 11 is 1.28. The topological polar surface area (TPSA) is 122 Å². The minimum absolute atomic E-state index is 0.0582. The van der Waals surface area contributed by atoms with Crippen molar-refractivity contribution in [3.05, 3.63) is 114 Å². The number of aromatic hydroxyl groups is 1. The first-order valence-corrected chi connectivity index (χ1v) is 12.8. The largest absolute Gasteiger partial charge is 0.505 e. The van der Waals surface area contributed by atoms with Gasteiger partial charge in [-0.05, 0) is 29.0 Å². The zero-order valence-electron chi connectivity index (χ0n) is 20.6. The first-order chi connectivity index (χ1) is 19.6. The molecule has 1 amide bonds. The molecular weight excluding hydrogens is 524 g/mol. The summed E-state index contributed by atoms with van der Waals surface area (Å²) in [7, 11) is 0. The highest BCUT2D eigenvalue weighted by molar-refractivity contribution is 7.17. The number of amides is 1. The molecule has 0 aliphatic rings. The molecule has 0 saturated heterocycles. The number of aromatic nitrogens is 4. The molecule has 11 heteroatoms. The first kappa shape index (κ1) is 24.6. The number of carbonyl (C=O) groups excluding carboxylic acids is 1. The summed E-state index contributed by atoms with van der Waals surface area (Å²) in [5.74, 6) is -0.715. The number of hydrogen-bond acceptors (Lipinski definition) is 8. The van der Waals surface area contributed by atoms with Gasteiger partial charge in [0, 0.05) is 11.3 Å². The van der Waals surface area contributed by atoms with Gasteiger partial charge in [0.2, 0.25) is 5.13 Å². The first-order valence-electron chi connectivity index (χ1n) is 12.0. The van der Waals surface area contributed by atoms with Crippen molar-refractivity contribution < 1.29 is 9.90 Å². The van der Waals surface area contributed by atoms with E-state index in [1.807, 2.05) is 48.5 Å². The van der Waals surface area contributed by atoms with Crippen LogP contribution in [0.25, 0.3) is 31.3 Å². The standard InChI is InChI=1S/C29H18N8O2S/c1-30-23-17-31-37(29-36-35-28(40-29)18-10-4-2-5-11-18)26(23)34-33-22-16-19-12-8-9-15-21(19)24(25(22)38)27(39)32-20-13-6-3-7-14-20/h2-17,38H,(H,32,39). The molecule has 0 atom stereocenters. The zero-order chi connectivity index (χ0) is 27.5. The van der Waals surface area contributed by atoms with E-state index in [9.17, 15) is 9.90 Å². The second-order valence-corrected chi connectivity index (χ2v) is 9.45. The van der Waals surface area contributed by atoms with Crippen molar-refractivity contribution in [1.29, 1.82) is 0 Å². The highest BCUT2D eigenvalue weighted by Gasteiger charge is 2.21. The predicted octanol–water partition coefficient (Wildman–Crippen LogP) is 7.47. The summed E-state index contributed by atoms with van der Waals surface area (Å²) in [5.41, 5.74) is 1.74. The minimum atomic E-state index is -0.494. The van der Waals surface area contributed by atoms with Crippen molar-refractivity contribution in [1.82, 2.24) is 20.0 Å². The lowest BCUT2D eigenvalue weighted by atomic mass is 10.0. The van der Waals surface area contributed by atoms with Crippen LogP contribution in [-0.4, -0.2) is 31.0 Å². The van der Waals surface area contributed by atoms with E-state index < -0.39 is 5.91 Å². The van der Waals surface area contributed by atoms with Gasteiger partial charge in [-0.2, -0.15) is 9.78 Å². The number of phenols is 1. The Hall–Kier alpha value is -5.73. The fourth-order valence-corrected chi connectivity index (χ4v) is 4.90. The third-order valence-electron chi connectivity index (χ3n) is 5.97. The molecule has 192 valence electrons. The number of fused-ring (bicyclic) bond motifs is 1. The van der Waals surface area contributed by atoms with Crippen molar-refractivity contribution in [2.75, 3.05) is 5.32 Å². The summed E-state index contributed by atoms with van der Waals surface area (Å²) in [4.78, 5) is 16.8. The van der Waals surface area contributed by atoms with Gasteiger partial charge in [0.25, 0.3) is 11.6 Å². The van der Waals surface area contributed by atoms with Gasteiger partial charge in [-0.15, -0.1) is 20.4 Å². The van der Waals surface area contributed by atoms with E-state index in [0.717, 1.165) is 5.56 Å². The molecule has 0 spiro atoms. The molecular formula is C29H18N8O2S. The van der Waals surface area contributed by atoms with E-state index in [1.54, 1.807) is 42.5 Å². The van der Waals surface area contributed by atoms with Gasteiger partial charge in [-0.3, -0.25) is 4.79 Å². The van der Waals surface area contributed by atoms with Crippen molar-refractivity contribution in [3.63, 3.8) is 0 Å². The summed E-state index contributed by atoms with van der Waals surface area (Å²) in [6.45, 7) is 7.57. The smallest absolute Gasteiger partial charge is 0.260 e. The maximum Gasteiger partial charge on any atom is 0.260 e. The molecule has 0 fully saturated rings. The summed E-state index contributed by atoms with van der Waals surface area (Å²) in [6.07, 6.45) is 1.37. The average Bonchev–Trinajstić information content (AvgIpc) is 3.64. The number of phenolic OH excluding ortho intramolecular Hbond substituents is 1. The van der Waals surface area contributed by atoms with E-state index in [1.165, 1.54) is 22.2 Å². The second kappa shape index (κ2) is 10.6. The Bertz CT molecular complexity index is 1920. The van der Waals surface area contributed by atoms with E-state index in [4.69, 9.17) is 6.57 Å². The molecule has 0 unspecified atom stereocenters. The van der Waals surface area contributed by atoms with Crippen LogP contribution in [0, 0.1) is 6.57 Å². The van der Waals surface area contributed by atoms with Crippen molar-refractivity contribution in [2.45, 2.75) is 0 Å². The van der Waals surface area contributed by atoms with Crippen LogP contribution in [0.5, 0.6) is 5.75 Å². The minimum Gasteiger partial charge on any atom is -0.505 e. The lowest BCUT2D eigenvalue weighted by Crippen LogP contribution is -2.12. The summed E-state index contributed by atoms with van der Waals surface area (Å²) in [5, 5.41) is 37.6. The summed E-state index contributed by atoms with van der Waals surface area (Å²) < 4.78 is 1.38. The molecule has 2 heterocycles. The fourth-order valence-electron chi connectivity index (χ4n) is 4.09. The highest BCUT2D eigenvalue weighted by atomic mass is 32.1. The number of rotatable bonds is 6. The third-order valence-corrected chi connectivity index (χ3v) is 6.92. The maximum atomic E-state index is 13.3. The molecule has 6 aromatic rings. The molecule has 6 rings (SSSR count). The van der Waals surface area contributed by atoms with Crippen molar-refractivity contribution in [2.24, 2.45) is 10.2 Å². The van der Waals surface area contributed by atoms with Crippen LogP contribution in [0.4, 0.5) is 22.9 Å². The third kappa shape index (κ3) is 4.66. The van der Waals surface area contributed by atoms with Crippen LogP contribution < -0.4 is 5.32 Å². The lowest BCUT2D eigenvalue weighted by molar-refractivity contribution is 0.102. The number of carbonyl (C=O) groups is 1. The van der Waals surface area contributed by atoms with Gasteiger partial charge in [0.15, 0.2) is 11.6 Å². The number of para-hydroxylation sites is 1. The molecule has 40 heavy (non-hydrogen) atoms. The molecule has 0 aliphatic carbocycles. The van der Waals surface area contributed by atoms with Gasteiger partial charge >= 0.3 is 0 Å². The molecule has 0 bridgehead atoms. The van der Waals surface area contributed by atoms with Gasteiger partial charge in [0.1, 0.15) is 10.7 Å². The SMILES string of the molecule is [C-]#[N+]c1cnn(-c2nnc(-c3ccccc3)s2)c1N=Nc1cc2ccccc2c(C(=O)Nc2ccccc2)c1O. The molecule has 2 N–H and O–H groups in total. The van der Waals surface area contributed by atoms with E-state index in [0.29, 0.717) is 26.6 Å². The van der Waals surface area contributed by atoms with Crippen LogP contribution in [0.3, 0.4) is 0 Å². The lowest BCUT2D eigenvalue weighted by Gasteiger charge is -2.12. The van der Waals surface area contributed by atoms with Gasteiger partial charge < -0.3 is 10.4 Å².